The van der Waals surface area contributed by atoms with E-state index >= 15 is 0 Å². The standard InChI is InChI=1S/C16H11ClFNO2/c1-9-13-8-10(17)2-7-14(13)21-15(9)16(20)19-12-5-3-11(18)4-6-12/h2-8H,1H3,(H,19,20). The molecule has 1 N–H and O–H groups in total. The largest absolute Gasteiger partial charge is 0.451 e. The van der Waals surface area contributed by atoms with E-state index in [2.05, 4.69) is 5.32 Å². The highest BCUT2D eigenvalue weighted by Crippen LogP contribution is 2.28. The van der Waals surface area contributed by atoms with Crippen molar-refractivity contribution in [2.24, 2.45) is 0 Å². The van der Waals surface area contributed by atoms with Crippen LogP contribution < -0.4 is 5.32 Å². The normalized spacial score (nSPS) is 10.8. The van der Waals surface area contributed by atoms with Gasteiger partial charge in [-0.25, -0.2) is 4.39 Å². The minimum atomic E-state index is -0.383. The van der Waals surface area contributed by atoms with Gasteiger partial charge in [0.15, 0.2) is 5.76 Å². The third-order valence-corrected chi connectivity index (χ3v) is 3.44. The summed E-state index contributed by atoms with van der Waals surface area (Å²) in [5.41, 5.74) is 1.81. The van der Waals surface area contributed by atoms with Crippen LogP contribution in [0.5, 0.6) is 0 Å². The topological polar surface area (TPSA) is 42.2 Å². The van der Waals surface area contributed by atoms with E-state index in [1.165, 1.54) is 24.3 Å². The lowest BCUT2D eigenvalue weighted by Gasteiger charge is -2.03. The molecule has 0 spiro atoms. The molecule has 0 aliphatic carbocycles. The molecule has 1 aromatic heterocycles. The molecular weight excluding hydrogens is 293 g/mol. The van der Waals surface area contributed by atoms with Gasteiger partial charge in [-0.15, -0.1) is 0 Å². The van der Waals surface area contributed by atoms with Crippen LogP contribution in [0.4, 0.5) is 10.1 Å². The third kappa shape index (κ3) is 2.62. The second-order valence-electron chi connectivity index (χ2n) is 4.66. The van der Waals surface area contributed by atoms with Crippen LogP contribution in [0, 0.1) is 12.7 Å². The minimum absolute atomic E-state index is 0.219. The van der Waals surface area contributed by atoms with Crippen LogP contribution in [-0.4, -0.2) is 5.91 Å². The van der Waals surface area contributed by atoms with Crippen LogP contribution in [0.3, 0.4) is 0 Å². The Morgan fingerprint density at radius 1 is 1.19 bits per heavy atom. The van der Waals surface area contributed by atoms with Gasteiger partial charge in [-0.1, -0.05) is 11.6 Å². The van der Waals surface area contributed by atoms with Gasteiger partial charge in [0.05, 0.1) is 0 Å². The number of carbonyl (C=O) groups excluding carboxylic acids is 1. The predicted molar refractivity (Wildman–Crippen MR) is 80.3 cm³/mol. The maximum atomic E-state index is 12.8. The van der Waals surface area contributed by atoms with Crippen molar-refractivity contribution >= 4 is 34.2 Å². The zero-order valence-electron chi connectivity index (χ0n) is 11.1. The first-order chi connectivity index (χ1) is 10.0. The smallest absolute Gasteiger partial charge is 0.291 e. The summed E-state index contributed by atoms with van der Waals surface area (Å²) in [5, 5.41) is 4.05. The monoisotopic (exact) mass is 303 g/mol. The van der Waals surface area contributed by atoms with Gasteiger partial charge in [-0.05, 0) is 49.4 Å². The van der Waals surface area contributed by atoms with Gasteiger partial charge in [0.1, 0.15) is 11.4 Å². The summed E-state index contributed by atoms with van der Waals surface area (Å²) in [5.74, 6) is -0.523. The first-order valence-electron chi connectivity index (χ1n) is 6.30. The number of halogens is 2. The van der Waals surface area contributed by atoms with Crippen LogP contribution in [0.2, 0.25) is 5.02 Å². The number of hydrogen-bond donors (Lipinski definition) is 1. The fourth-order valence-corrected chi connectivity index (χ4v) is 2.30. The maximum absolute atomic E-state index is 12.8. The van der Waals surface area contributed by atoms with Crippen LogP contribution in [0.1, 0.15) is 16.1 Å². The number of hydrogen-bond acceptors (Lipinski definition) is 2. The highest BCUT2D eigenvalue weighted by atomic mass is 35.5. The molecule has 0 fully saturated rings. The molecule has 3 aromatic rings. The highest BCUT2D eigenvalue weighted by molar-refractivity contribution is 6.31. The Balaban J connectivity index is 1.94. The van der Waals surface area contributed by atoms with Gasteiger partial charge in [0, 0.05) is 21.7 Å². The molecule has 5 heteroatoms. The maximum Gasteiger partial charge on any atom is 0.291 e. The van der Waals surface area contributed by atoms with Gasteiger partial charge >= 0.3 is 0 Å². The van der Waals surface area contributed by atoms with Crippen molar-refractivity contribution in [3.05, 3.63) is 64.6 Å². The molecule has 0 radical (unpaired) electrons. The summed E-state index contributed by atoms with van der Waals surface area (Å²) in [6, 6.07) is 10.7. The Hall–Kier alpha value is -2.33. The first-order valence-corrected chi connectivity index (χ1v) is 6.68. The van der Waals surface area contributed by atoms with E-state index < -0.39 is 0 Å². The Labute approximate surface area is 125 Å². The van der Waals surface area contributed by atoms with E-state index in [-0.39, 0.29) is 17.5 Å². The van der Waals surface area contributed by atoms with Crippen LogP contribution in [0.15, 0.2) is 46.9 Å². The lowest BCUT2D eigenvalue weighted by Crippen LogP contribution is -2.12. The number of aryl methyl sites for hydroxylation is 1. The van der Waals surface area contributed by atoms with Gasteiger partial charge < -0.3 is 9.73 Å². The van der Waals surface area contributed by atoms with Crippen LogP contribution >= 0.6 is 11.6 Å². The molecule has 0 saturated carbocycles. The van der Waals surface area contributed by atoms with E-state index in [1.54, 1.807) is 25.1 Å². The van der Waals surface area contributed by atoms with E-state index in [0.29, 0.717) is 21.9 Å². The summed E-state index contributed by atoms with van der Waals surface area (Å²) < 4.78 is 18.4. The van der Waals surface area contributed by atoms with Crippen LogP contribution in [-0.2, 0) is 0 Å². The van der Waals surface area contributed by atoms with Crippen molar-refractivity contribution < 1.29 is 13.6 Å². The van der Waals surface area contributed by atoms with E-state index in [0.717, 1.165) is 5.39 Å². The summed E-state index contributed by atoms with van der Waals surface area (Å²) in [7, 11) is 0. The predicted octanol–water partition coefficient (Wildman–Crippen LogP) is 4.79. The fourth-order valence-electron chi connectivity index (χ4n) is 2.13. The molecule has 2 aromatic carbocycles. The van der Waals surface area contributed by atoms with Crippen molar-refractivity contribution in [2.45, 2.75) is 6.92 Å². The summed E-state index contributed by atoms with van der Waals surface area (Å²) in [4.78, 5) is 12.2. The molecule has 0 saturated heterocycles. The molecule has 106 valence electrons. The van der Waals surface area contributed by atoms with Crippen molar-refractivity contribution in [1.82, 2.24) is 0 Å². The Morgan fingerprint density at radius 3 is 2.62 bits per heavy atom. The SMILES string of the molecule is Cc1c(C(=O)Nc2ccc(F)cc2)oc2ccc(Cl)cc12. The molecule has 0 aliphatic rings. The second-order valence-corrected chi connectivity index (χ2v) is 5.09. The Bertz CT molecular complexity index is 824. The average Bonchev–Trinajstić information content (AvgIpc) is 2.79. The van der Waals surface area contributed by atoms with Crippen molar-refractivity contribution in [3.63, 3.8) is 0 Å². The average molecular weight is 304 g/mol. The lowest BCUT2D eigenvalue weighted by atomic mass is 10.1. The molecule has 0 bridgehead atoms. The molecule has 21 heavy (non-hydrogen) atoms. The molecule has 1 amide bonds. The number of amides is 1. The molecule has 0 atom stereocenters. The Kier molecular flexibility index (Phi) is 3.39. The molecule has 0 unspecified atom stereocenters. The molecule has 1 heterocycles. The number of rotatable bonds is 2. The zero-order chi connectivity index (χ0) is 15.0. The quantitative estimate of drug-likeness (QED) is 0.740. The zero-order valence-corrected chi connectivity index (χ0v) is 11.9. The van der Waals surface area contributed by atoms with E-state index in [1.807, 2.05) is 0 Å². The Morgan fingerprint density at radius 2 is 1.90 bits per heavy atom. The van der Waals surface area contributed by atoms with Gasteiger partial charge in [0.25, 0.3) is 5.91 Å². The fraction of sp³-hybridized carbons (Fsp3) is 0.0625. The van der Waals surface area contributed by atoms with Crippen molar-refractivity contribution in [2.75, 3.05) is 5.32 Å². The van der Waals surface area contributed by atoms with E-state index in [9.17, 15) is 9.18 Å². The highest BCUT2D eigenvalue weighted by Gasteiger charge is 2.18. The van der Waals surface area contributed by atoms with Crippen molar-refractivity contribution in [3.8, 4) is 0 Å². The third-order valence-electron chi connectivity index (χ3n) is 3.21. The number of carbonyl (C=O) groups is 1. The minimum Gasteiger partial charge on any atom is -0.451 e. The molecule has 3 nitrogen and oxygen atoms in total. The second kappa shape index (κ2) is 5.22. The number of benzene rings is 2. The summed E-state index contributed by atoms with van der Waals surface area (Å²) in [6.45, 7) is 1.79. The van der Waals surface area contributed by atoms with Gasteiger partial charge in [-0.2, -0.15) is 0 Å². The number of nitrogens with one attached hydrogen (secondary N) is 1. The number of anilines is 1. The molecule has 3 rings (SSSR count). The number of furan rings is 1. The van der Waals surface area contributed by atoms with Gasteiger partial charge in [0.2, 0.25) is 0 Å². The first kappa shape index (κ1) is 13.6. The van der Waals surface area contributed by atoms with Crippen LogP contribution in [0.25, 0.3) is 11.0 Å². The number of fused-ring (bicyclic) bond motifs is 1. The van der Waals surface area contributed by atoms with Crippen molar-refractivity contribution in [1.29, 1.82) is 0 Å². The van der Waals surface area contributed by atoms with E-state index in [4.69, 9.17) is 16.0 Å². The van der Waals surface area contributed by atoms with Gasteiger partial charge in [-0.3, -0.25) is 4.79 Å². The lowest BCUT2D eigenvalue weighted by molar-refractivity contribution is 0.0998. The molecular formula is C16H11ClFNO2. The molecule has 0 aliphatic heterocycles. The summed E-state index contributed by atoms with van der Waals surface area (Å²) in [6.07, 6.45) is 0. The summed E-state index contributed by atoms with van der Waals surface area (Å²) >= 11 is 5.95.